The van der Waals surface area contributed by atoms with Crippen LogP contribution in [0.15, 0.2) is 12.1 Å². The fourth-order valence-electron chi connectivity index (χ4n) is 1.49. The lowest BCUT2D eigenvalue weighted by Gasteiger charge is -2.26. The molecule has 0 fully saturated rings. The molecule has 0 aliphatic carbocycles. The van der Waals surface area contributed by atoms with Crippen molar-refractivity contribution in [2.45, 2.75) is 32.2 Å². The molecule has 96 valence electrons. The van der Waals surface area contributed by atoms with Crippen molar-refractivity contribution in [1.82, 2.24) is 5.32 Å². The summed E-state index contributed by atoms with van der Waals surface area (Å²) in [6, 6.07) is 2.75. The van der Waals surface area contributed by atoms with E-state index in [4.69, 9.17) is 6.42 Å². The zero-order valence-electron chi connectivity index (χ0n) is 10.2. The van der Waals surface area contributed by atoms with E-state index in [2.05, 4.69) is 11.2 Å². The lowest BCUT2D eigenvalue weighted by molar-refractivity contribution is -0.380. The molecule has 6 heteroatoms. The van der Waals surface area contributed by atoms with Crippen LogP contribution in [-0.4, -0.2) is 16.4 Å². The Morgan fingerprint density at radius 1 is 1.56 bits per heavy atom. The van der Waals surface area contributed by atoms with E-state index in [1.54, 1.807) is 0 Å². The third kappa shape index (κ3) is 2.87. The van der Waals surface area contributed by atoms with Crippen LogP contribution in [0.5, 0.6) is 0 Å². The van der Waals surface area contributed by atoms with Crippen LogP contribution >= 0.6 is 11.3 Å². The second kappa shape index (κ2) is 5.65. The first kappa shape index (κ1) is 14.2. The van der Waals surface area contributed by atoms with Gasteiger partial charge in [0.25, 0.3) is 5.91 Å². The summed E-state index contributed by atoms with van der Waals surface area (Å²) in [7, 11) is 0. The van der Waals surface area contributed by atoms with Gasteiger partial charge in [-0.15, -0.1) is 6.42 Å². The number of terminal acetylenes is 1. The molecular formula is C12H14N2O3S. The quantitative estimate of drug-likeness (QED) is 0.506. The summed E-state index contributed by atoms with van der Waals surface area (Å²) in [5.41, 5.74) is -0.685. The average molecular weight is 266 g/mol. The van der Waals surface area contributed by atoms with Crippen LogP contribution in [0.25, 0.3) is 0 Å². The van der Waals surface area contributed by atoms with E-state index in [1.165, 1.54) is 12.1 Å². The molecule has 0 unspecified atom stereocenters. The van der Waals surface area contributed by atoms with E-state index in [0.717, 1.165) is 11.3 Å². The summed E-state index contributed by atoms with van der Waals surface area (Å²) >= 11 is 0.842. The molecule has 1 amide bonds. The molecule has 0 bridgehead atoms. The van der Waals surface area contributed by atoms with Crippen LogP contribution in [0.2, 0.25) is 0 Å². The molecule has 0 spiro atoms. The third-order valence-corrected chi connectivity index (χ3v) is 3.87. The molecular weight excluding hydrogens is 252 g/mol. The van der Waals surface area contributed by atoms with Gasteiger partial charge in [-0.25, -0.2) is 0 Å². The Morgan fingerprint density at radius 2 is 2.17 bits per heavy atom. The summed E-state index contributed by atoms with van der Waals surface area (Å²) in [6.07, 6.45) is 6.66. The van der Waals surface area contributed by atoms with Crippen molar-refractivity contribution in [2.75, 3.05) is 0 Å². The Labute approximate surface area is 109 Å². The first-order chi connectivity index (χ1) is 8.48. The molecule has 1 N–H and O–H groups in total. The molecule has 5 nitrogen and oxygen atoms in total. The smallest absolute Gasteiger partial charge is 0.324 e. The largest absolute Gasteiger partial charge is 0.335 e. The van der Waals surface area contributed by atoms with Gasteiger partial charge < -0.3 is 5.32 Å². The van der Waals surface area contributed by atoms with Gasteiger partial charge in [-0.1, -0.05) is 31.1 Å². The molecule has 0 aliphatic heterocycles. The molecule has 18 heavy (non-hydrogen) atoms. The van der Waals surface area contributed by atoms with E-state index in [0.29, 0.717) is 17.7 Å². The first-order valence-corrected chi connectivity index (χ1v) is 6.34. The predicted molar refractivity (Wildman–Crippen MR) is 70.6 cm³/mol. The lowest BCUT2D eigenvalue weighted by Crippen LogP contribution is -2.46. The van der Waals surface area contributed by atoms with E-state index in [1.807, 2.05) is 13.8 Å². The maximum absolute atomic E-state index is 12.0. The van der Waals surface area contributed by atoms with Gasteiger partial charge in [0.05, 0.1) is 9.80 Å². The Balaban J connectivity index is 2.88. The van der Waals surface area contributed by atoms with Crippen LogP contribution in [0.3, 0.4) is 0 Å². The molecule has 0 aliphatic rings. The SMILES string of the molecule is C#CC(CC)(CC)NC(=O)c1ccc([N+](=O)[O-])s1. The highest BCUT2D eigenvalue weighted by atomic mass is 32.1. The van der Waals surface area contributed by atoms with Crippen LogP contribution in [0, 0.1) is 22.5 Å². The van der Waals surface area contributed by atoms with E-state index in [-0.39, 0.29) is 10.9 Å². The second-order valence-corrected chi connectivity index (χ2v) is 4.84. The van der Waals surface area contributed by atoms with Crippen molar-refractivity contribution in [3.05, 3.63) is 27.1 Å². The molecule has 1 aromatic rings. The number of nitrogens with zero attached hydrogens (tertiary/aromatic N) is 1. The van der Waals surface area contributed by atoms with Gasteiger partial charge in [-0.3, -0.25) is 14.9 Å². The Hall–Kier alpha value is -1.87. The Bertz CT molecular complexity index is 498. The molecule has 1 heterocycles. The van der Waals surface area contributed by atoms with E-state index < -0.39 is 10.5 Å². The van der Waals surface area contributed by atoms with E-state index >= 15 is 0 Å². The summed E-state index contributed by atoms with van der Waals surface area (Å²) in [5, 5.41) is 13.2. The summed E-state index contributed by atoms with van der Waals surface area (Å²) in [6.45, 7) is 3.78. The van der Waals surface area contributed by atoms with Gasteiger partial charge in [0, 0.05) is 6.07 Å². The number of carbonyl (C=O) groups is 1. The molecule has 0 saturated carbocycles. The summed E-state index contributed by atoms with van der Waals surface area (Å²) < 4.78 is 0. The predicted octanol–water partition coefficient (Wildman–Crippen LogP) is 2.58. The van der Waals surface area contributed by atoms with E-state index in [9.17, 15) is 14.9 Å². The lowest BCUT2D eigenvalue weighted by atomic mass is 9.94. The highest BCUT2D eigenvalue weighted by molar-refractivity contribution is 7.17. The fourth-order valence-corrected chi connectivity index (χ4v) is 2.21. The zero-order chi connectivity index (χ0) is 13.8. The number of hydrogen-bond acceptors (Lipinski definition) is 4. The average Bonchev–Trinajstić information content (AvgIpc) is 2.86. The number of nitrogens with one attached hydrogen (secondary N) is 1. The highest BCUT2D eigenvalue weighted by Gasteiger charge is 2.27. The third-order valence-electron chi connectivity index (χ3n) is 2.83. The number of rotatable bonds is 5. The Morgan fingerprint density at radius 3 is 2.56 bits per heavy atom. The second-order valence-electron chi connectivity index (χ2n) is 3.78. The zero-order valence-corrected chi connectivity index (χ0v) is 11.0. The topological polar surface area (TPSA) is 72.2 Å². The minimum Gasteiger partial charge on any atom is -0.335 e. The van der Waals surface area contributed by atoms with Crippen LogP contribution in [0.1, 0.15) is 36.4 Å². The number of nitro groups is 1. The van der Waals surface area contributed by atoms with Crippen LogP contribution in [0.4, 0.5) is 5.00 Å². The number of amides is 1. The van der Waals surface area contributed by atoms with Gasteiger partial charge in [-0.05, 0) is 18.9 Å². The number of hydrogen-bond donors (Lipinski definition) is 1. The van der Waals surface area contributed by atoms with Crippen LogP contribution in [-0.2, 0) is 0 Å². The van der Waals surface area contributed by atoms with Gasteiger partial charge >= 0.3 is 5.00 Å². The maximum Gasteiger partial charge on any atom is 0.324 e. The fraction of sp³-hybridized carbons (Fsp3) is 0.417. The van der Waals surface area contributed by atoms with Crippen molar-refractivity contribution in [3.63, 3.8) is 0 Å². The normalized spacial score (nSPS) is 10.7. The summed E-state index contributed by atoms with van der Waals surface area (Å²) in [5.74, 6) is 2.22. The highest BCUT2D eigenvalue weighted by Crippen LogP contribution is 2.25. The molecule has 0 aromatic carbocycles. The standard InChI is InChI=1S/C12H14N2O3S/c1-4-12(5-2,6-3)13-11(15)9-7-8-10(18-9)14(16)17/h1,7-8H,5-6H2,2-3H3,(H,13,15). The van der Waals surface area contributed by atoms with Gasteiger partial charge in [-0.2, -0.15) is 0 Å². The maximum atomic E-state index is 12.0. The molecule has 0 atom stereocenters. The van der Waals surface area contributed by atoms with Gasteiger partial charge in [0.15, 0.2) is 0 Å². The minimum absolute atomic E-state index is 0.0561. The Kier molecular flexibility index (Phi) is 4.45. The van der Waals surface area contributed by atoms with Crippen LogP contribution < -0.4 is 5.32 Å². The van der Waals surface area contributed by atoms with Crippen molar-refractivity contribution in [3.8, 4) is 12.3 Å². The van der Waals surface area contributed by atoms with Crippen molar-refractivity contribution in [1.29, 1.82) is 0 Å². The van der Waals surface area contributed by atoms with Gasteiger partial charge in [0.2, 0.25) is 0 Å². The van der Waals surface area contributed by atoms with Crippen molar-refractivity contribution in [2.24, 2.45) is 0 Å². The van der Waals surface area contributed by atoms with Gasteiger partial charge in [0.1, 0.15) is 5.54 Å². The van der Waals surface area contributed by atoms with Crippen molar-refractivity contribution < 1.29 is 9.72 Å². The first-order valence-electron chi connectivity index (χ1n) is 5.52. The molecule has 1 rings (SSSR count). The molecule has 1 aromatic heterocycles. The monoisotopic (exact) mass is 266 g/mol. The number of carbonyl (C=O) groups excluding carboxylic acids is 1. The number of thiophene rings is 1. The molecule has 0 radical (unpaired) electrons. The summed E-state index contributed by atoms with van der Waals surface area (Å²) in [4.78, 5) is 22.3. The molecule has 0 saturated heterocycles. The van der Waals surface area contributed by atoms with Crippen molar-refractivity contribution >= 4 is 22.2 Å². The minimum atomic E-state index is -0.685.